The van der Waals surface area contributed by atoms with E-state index in [0.717, 1.165) is 43.4 Å². The lowest BCUT2D eigenvalue weighted by Crippen LogP contribution is -2.54. The van der Waals surface area contributed by atoms with Crippen LogP contribution >= 0.6 is 0 Å². The van der Waals surface area contributed by atoms with Gasteiger partial charge in [-0.2, -0.15) is 0 Å². The number of ether oxygens (including phenoxy) is 2. The lowest BCUT2D eigenvalue weighted by atomic mass is 9.44. The maximum absolute atomic E-state index is 12.1. The number of rotatable bonds is 8. The van der Waals surface area contributed by atoms with E-state index in [4.69, 9.17) is 14.6 Å². The van der Waals surface area contributed by atoms with Crippen LogP contribution in [0.25, 0.3) is 0 Å². The van der Waals surface area contributed by atoms with Crippen LogP contribution in [0.4, 0.5) is 0 Å². The van der Waals surface area contributed by atoms with Crippen LogP contribution in [0.3, 0.4) is 0 Å². The molecule has 0 aromatic heterocycles. The molecule has 4 aliphatic rings. The first-order valence-electron chi connectivity index (χ1n) is 14.1. The highest BCUT2D eigenvalue weighted by atomic mass is 16.5. The van der Waals surface area contributed by atoms with Gasteiger partial charge in [-0.05, 0) is 111 Å². The molecule has 6 heteroatoms. The SMILES string of the molecule is COC(=O)CC[C@H](C)[C@@H]1CC[C@@H]2[C@H]3CC[C@H]4C[C@@H](OC(=O)CCC(=O)O)CC[C@]4(C)[C@@H]3CC[C@@]21C. The predicted octanol–water partition coefficient (Wildman–Crippen LogP) is 6.01. The quantitative estimate of drug-likeness (QED) is 0.419. The van der Waals surface area contributed by atoms with Crippen LogP contribution in [-0.2, 0) is 23.9 Å². The number of carboxylic acids is 1. The molecule has 0 unspecified atom stereocenters. The molecule has 0 amide bonds. The highest BCUT2D eigenvalue weighted by molar-refractivity contribution is 5.76. The van der Waals surface area contributed by atoms with Gasteiger partial charge in [-0.15, -0.1) is 0 Å². The molecule has 0 aromatic rings. The van der Waals surface area contributed by atoms with E-state index in [1.54, 1.807) is 0 Å². The van der Waals surface area contributed by atoms with Crippen molar-refractivity contribution in [3.8, 4) is 0 Å². The third-order valence-corrected chi connectivity index (χ3v) is 11.3. The van der Waals surface area contributed by atoms with Crippen molar-refractivity contribution in [3.63, 3.8) is 0 Å². The Bertz CT molecular complexity index is 809. The smallest absolute Gasteiger partial charge is 0.306 e. The first kappa shape index (κ1) is 26.5. The van der Waals surface area contributed by atoms with Crippen LogP contribution in [0.1, 0.15) is 104 Å². The van der Waals surface area contributed by atoms with E-state index in [1.165, 1.54) is 45.6 Å². The monoisotopic (exact) mass is 490 g/mol. The minimum absolute atomic E-state index is 0.0298. The summed E-state index contributed by atoms with van der Waals surface area (Å²) in [6, 6.07) is 0. The van der Waals surface area contributed by atoms with Crippen molar-refractivity contribution in [2.45, 2.75) is 110 Å². The Morgan fingerprint density at radius 3 is 2.31 bits per heavy atom. The fourth-order valence-electron chi connectivity index (χ4n) is 9.40. The van der Waals surface area contributed by atoms with Crippen LogP contribution in [-0.4, -0.2) is 36.2 Å². The molecule has 0 radical (unpaired) electrons. The molecular weight excluding hydrogens is 444 g/mol. The second kappa shape index (κ2) is 10.4. The van der Waals surface area contributed by atoms with Gasteiger partial charge in [-0.3, -0.25) is 14.4 Å². The summed E-state index contributed by atoms with van der Waals surface area (Å²) in [5, 5.41) is 8.83. The lowest BCUT2D eigenvalue weighted by Gasteiger charge is -2.61. The van der Waals surface area contributed by atoms with Gasteiger partial charge < -0.3 is 14.6 Å². The Balaban J connectivity index is 1.38. The number of carboxylic acid groups (broad SMARTS) is 1. The predicted molar refractivity (Wildman–Crippen MR) is 132 cm³/mol. The molecule has 4 fully saturated rings. The van der Waals surface area contributed by atoms with Gasteiger partial charge in [0.1, 0.15) is 6.10 Å². The first-order valence-corrected chi connectivity index (χ1v) is 14.1. The van der Waals surface area contributed by atoms with Crippen LogP contribution in [0.5, 0.6) is 0 Å². The minimum atomic E-state index is -0.951. The normalized spacial score (nSPS) is 41.1. The molecule has 9 atom stereocenters. The fourth-order valence-corrected chi connectivity index (χ4v) is 9.40. The largest absolute Gasteiger partial charge is 0.481 e. The number of aliphatic carboxylic acids is 1. The van der Waals surface area contributed by atoms with Crippen LogP contribution < -0.4 is 0 Å². The third-order valence-electron chi connectivity index (χ3n) is 11.3. The molecule has 0 spiro atoms. The molecule has 4 saturated carbocycles. The highest BCUT2D eigenvalue weighted by Crippen LogP contribution is 2.68. The van der Waals surface area contributed by atoms with Crippen molar-refractivity contribution in [2.24, 2.45) is 46.3 Å². The summed E-state index contributed by atoms with van der Waals surface area (Å²) in [5.41, 5.74) is 0.708. The molecule has 0 saturated heterocycles. The molecule has 0 aliphatic heterocycles. The Kier molecular flexibility index (Phi) is 7.88. The summed E-state index contributed by atoms with van der Waals surface area (Å²) in [6.07, 6.45) is 11.9. The highest BCUT2D eigenvalue weighted by Gasteiger charge is 2.60. The van der Waals surface area contributed by atoms with Crippen molar-refractivity contribution in [1.29, 1.82) is 0 Å². The molecule has 4 aliphatic carbocycles. The molecule has 1 N–H and O–H groups in total. The number of fused-ring (bicyclic) bond motifs is 5. The summed E-state index contributed by atoms with van der Waals surface area (Å²) in [4.78, 5) is 34.6. The van der Waals surface area contributed by atoms with E-state index in [2.05, 4.69) is 20.8 Å². The molecule has 0 bridgehead atoms. The Morgan fingerprint density at radius 1 is 0.886 bits per heavy atom. The average molecular weight is 491 g/mol. The van der Waals surface area contributed by atoms with Gasteiger partial charge in [0, 0.05) is 6.42 Å². The van der Waals surface area contributed by atoms with Crippen LogP contribution in [0.15, 0.2) is 0 Å². The van der Waals surface area contributed by atoms with E-state index in [9.17, 15) is 14.4 Å². The lowest BCUT2D eigenvalue weighted by molar-refractivity contribution is -0.164. The fraction of sp³-hybridized carbons (Fsp3) is 0.897. The van der Waals surface area contributed by atoms with Gasteiger partial charge >= 0.3 is 17.9 Å². The molecule has 35 heavy (non-hydrogen) atoms. The third kappa shape index (κ3) is 5.13. The van der Waals surface area contributed by atoms with Gasteiger partial charge in [-0.1, -0.05) is 20.8 Å². The summed E-state index contributed by atoms with van der Waals surface area (Å²) in [6.45, 7) is 7.43. The Hall–Kier alpha value is -1.59. The van der Waals surface area contributed by atoms with Crippen LogP contribution in [0, 0.1) is 46.3 Å². The molecule has 0 heterocycles. The summed E-state index contributed by atoms with van der Waals surface area (Å²) in [5.74, 6) is 2.79. The number of carbonyl (C=O) groups excluding carboxylic acids is 2. The van der Waals surface area contributed by atoms with Gasteiger partial charge in [0.2, 0.25) is 0 Å². The summed E-state index contributed by atoms with van der Waals surface area (Å²) in [7, 11) is 1.48. The van der Waals surface area contributed by atoms with Crippen LogP contribution in [0.2, 0.25) is 0 Å². The summed E-state index contributed by atoms with van der Waals surface area (Å²) < 4.78 is 10.6. The minimum Gasteiger partial charge on any atom is -0.481 e. The topological polar surface area (TPSA) is 89.9 Å². The molecule has 198 valence electrons. The first-order chi connectivity index (χ1) is 16.6. The average Bonchev–Trinajstić information content (AvgIpc) is 3.18. The Morgan fingerprint density at radius 2 is 1.60 bits per heavy atom. The van der Waals surface area contributed by atoms with Crippen molar-refractivity contribution in [2.75, 3.05) is 7.11 Å². The Labute approximate surface area is 210 Å². The maximum Gasteiger partial charge on any atom is 0.306 e. The number of hydrogen-bond acceptors (Lipinski definition) is 5. The van der Waals surface area contributed by atoms with E-state index in [-0.39, 0.29) is 30.9 Å². The number of hydrogen-bond donors (Lipinski definition) is 1. The summed E-state index contributed by atoms with van der Waals surface area (Å²) >= 11 is 0. The molecule has 4 rings (SSSR count). The van der Waals surface area contributed by atoms with E-state index < -0.39 is 5.97 Å². The molecule has 0 aromatic carbocycles. The van der Waals surface area contributed by atoms with Gasteiger partial charge in [-0.25, -0.2) is 0 Å². The van der Waals surface area contributed by atoms with Gasteiger partial charge in [0.05, 0.1) is 20.0 Å². The van der Waals surface area contributed by atoms with Crippen molar-refractivity contribution in [1.82, 2.24) is 0 Å². The zero-order chi connectivity index (χ0) is 25.4. The maximum atomic E-state index is 12.1. The molecular formula is C29H46O6. The number of methoxy groups -OCH3 is 1. The number of carbonyl (C=O) groups is 3. The standard InChI is InChI=1S/C29H46O6/c1-18(5-11-26(32)34-4)22-8-9-23-21-7-6-19-17-20(35-27(33)12-10-25(30)31)13-15-28(19,2)24(21)14-16-29(22,23)3/h18-24H,5-17H2,1-4H3,(H,30,31)/t18-,19-,20-,21+,22-,23+,24+,28-,29+/m0/s1. The second-order valence-corrected chi connectivity index (χ2v) is 12.8. The van der Waals surface area contributed by atoms with Crippen molar-refractivity contribution < 1.29 is 29.0 Å². The van der Waals surface area contributed by atoms with E-state index in [0.29, 0.717) is 35.0 Å². The van der Waals surface area contributed by atoms with E-state index in [1.807, 2.05) is 0 Å². The zero-order valence-electron chi connectivity index (χ0n) is 22.2. The van der Waals surface area contributed by atoms with Gasteiger partial charge in [0.15, 0.2) is 0 Å². The number of esters is 2. The zero-order valence-corrected chi connectivity index (χ0v) is 22.2. The van der Waals surface area contributed by atoms with E-state index >= 15 is 0 Å². The molecule has 6 nitrogen and oxygen atoms in total. The van der Waals surface area contributed by atoms with Crippen molar-refractivity contribution in [3.05, 3.63) is 0 Å². The van der Waals surface area contributed by atoms with Crippen molar-refractivity contribution >= 4 is 17.9 Å². The second-order valence-electron chi connectivity index (χ2n) is 12.8. The van der Waals surface area contributed by atoms with Gasteiger partial charge in [0.25, 0.3) is 0 Å².